The van der Waals surface area contributed by atoms with E-state index >= 15 is 0 Å². The molecular weight excluding hydrogens is 512 g/mol. The molecular formula is C29H44N6O5. The maximum Gasteiger partial charge on any atom is 0.320 e. The van der Waals surface area contributed by atoms with Crippen LogP contribution >= 0.6 is 0 Å². The first-order valence-electron chi connectivity index (χ1n) is 14.0. The van der Waals surface area contributed by atoms with Crippen LogP contribution in [0.3, 0.4) is 0 Å². The maximum absolute atomic E-state index is 11.6. The largest absolute Gasteiger partial charge is 0.490 e. The molecule has 220 valence electrons. The molecule has 1 fully saturated rings. The first-order chi connectivity index (χ1) is 19.5. The Morgan fingerprint density at radius 2 is 2.00 bits per heavy atom. The van der Waals surface area contributed by atoms with Crippen molar-refractivity contribution in [3.8, 4) is 11.8 Å². The molecule has 0 aliphatic carbocycles. The van der Waals surface area contributed by atoms with Crippen molar-refractivity contribution in [1.82, 2.24) is 14.9 Å². The van der Waals surface area contributed by atoms with E-state index in [9.17, 15) is 4.79 Å². The van der Waals surface area contributed by atoms with Crippen molar-refractivity contribution in [2.75, 3.05) is 64.4 Å². The van der Waals surface area contributed by atoms with Crippen LogP contribution in [0.4, 0.5) is 17.3 Å². The van der Waals surface area contributed by atoms with Gasteiger partial charge in [-0.1, -0.05) is 25.5 Å². The minimum absolute atomic E-state index is 0.170. The normalized spacial score (nSPS) is 14.1. The molecule has 2 N–H and O–H groups in total. The summed E-state index contributed by atoms with van der Waals surface area (Å²) in [6, 6.07) is 7.94. The Bertz CT molecular complexity index is 1080. The molecule has 40 heavy (non-hydrogen) atoms. The van der Waals surface area contributed by atoms with Gasteiger partial charge in [-0.2, -0.15) is 9.97 Å². The van der Waals surface area contributed by atoms with E-state index in [-0.39, 0.29) is 30.3 Å². The van der Waals surface area contributed by atoms with Crippen LogP contribution in [0.25, 0.3) is 0 Å². The van der Waals surface area contributed by atoms with E-state index in [0.717, 1.165) is 76.0 Å². The molecule has 1 aromatic carbocycles. The lowest BCUT2D eigenvalue weighted by Gasteiger charge is -2.32. The second kappa shape index (κ2) is 16.6. The standard InChI is InChI=1S/C29H44N6O5/c1-5-6-18-39-29-32-27(30)26(31-2)28(33-29)35(21-37-3)15-8-7-14-34-16-12-23(13-17-34)40-24-11-9-10-22(19-24)20-25(36)38-4/h9-11,19,23H,2,5-8,12-18,20-21H2,1,3-4H3,(H2,30,32,33). The summed E-state index contributed by atoms with van der Waals surface area (Å²) < 4.78 is 22.1. The number of unbranched alkanes of at least 4 members (excludes halogenated alkanes) is 2. The van der Waals surface area contributed by atoms with E-state index in [0.29, 0.717) is 24.8 Å². The fraction of sp³-hybridized carbons (Fsp3) is 0.586. The number of carbonyl (C=O) groups is 1. The van der Waals surface area contributed by atoms with E-state index in [4.69, 9.17) is 24.7 Å². The van der Waals surface area contributed by atoms with Crippen LogP contribution in [0.15, 0.2) is 29.3 Å². The summed E-state index contributed by atoms with van der Waals surface area (Å²) >= 11 is 0. The van der Waals surface area contributed by atoms with Gasteiger partial charge in [0.25, 0.3) is 0 Å². The monoisotopic (exact) mass is 556 g/mol. The molecule has 0 amide bonds. The Kier molecular flexibility index (Phi) is 12.9. The molecule has 3 rings (SSSR count). The Balaban J connectivity index is 1.46. The summed E-state index contributed by atoms with van der Waals surface area (Å²) in [5.41, 5.74) is 7.48. The smallest absolute Gasteiger partial charge is 0.320 e. The van der Waals surface area contributed by atoms with Gasteiger partial charge in [0.15, 0.2) is 11.6 Å². The minimum Gasteiger partial charge on any atom is -0.490 e. The summed E-state index contributed by atoms with van der Waals surface area (Å²) in [5.74, 6) is 1.36. The van der Waals surface area contributed by atoms with Gasteiger partial charge in [0.2, 0.25) is 0 Å². The molecule has 0 atom stereocenters. The fourth-order valence-electron chi connectivity index (χ4n) is 4.62. The highest BCUT2D eigenvalue weighted by atomic mass is 16.5. The summed E-state index contributed by atoms with van der Waals surface area (Å²) in [5, 5.41) is 0. The first-order valence-corrected chi connectivity index (χ1v) is 14.0. The number of esters is 1. The predicted molar refractivity (Wildman–Crippen MR) is 157 cm³/mol. The average molecular weight is 557 g/mol. The first kappa shape index (κ1) is 31.1. The molecule has 11 heteroatoms. The molecule has 2 aromatic rings. The molecule has 0 spiro atoms. The quantitative estimate of drug-likeness (QED) is 0.132. The van der Waals surface area contributed by atoms with Crippen molar-refractivity contribution >= 4 is 30.0 Å². The number of hydrogen-bond acceptors (Lipinski definition) is 11. The molecule has 0 unspecified atom stereocenters. The number of anilines is 2. The number of piperidine rings is 1. The fourth-order valence-corrected chi connectivity index (χ4v) is 4.62. The van der Waals surface area contributed by atoms with Crippen molar-refractivity contribution < 1.29 is 23.7 Å². The van der Waals surface area contributed by atoms with E-state index < -0.39 is 0 Å². The van der Waals surface area contributed by atoms with Crippen molar-refractivity contribution in [2.24, 2.45) is 4.99 Å². The zero-order valence-electron chi connectivity index (χ0n) is 24.1. The van der Waals surface area contributed by atoms with Crippen LogP contribution in [0.5, 0.6) is 11.8 Å². The number of nitrogen functional groups attached to an aromatic ring is 1. The van der Waals surface area contributed by atoms with Crippen LogP contribution in [-0.4, -0.2) is 87.4 Å². The Labute approximate surface area is 237 Å². The summed E-state index contributed by atoms with van der Waals surface area (Å²) in [6.07, 6.45) is 6.24. The Morgan fingerprint density at radius 1 is 1.20 bits per heavy atom. The molecule has 1 aliphatic heterocycles. The van der Waals surface area contributed by atoms with E-state index in [2.05, 4.69) is 33.5 Å². The van der Waals surface area contributed by atoms with Gasteiger partial charge >= 0.3 is 12.0 Å². The van der Waals surface area contributed by atoms with Gasteiger partial charge in [0, 0.05) is 26.7 Å². The van der Waals surface area contributed by atoms with E-state index in [1.807, 2.05) is 29.2 Å². The molecule has 2 heterocycles. The average Bonchev–Trinajstić information content (AvgIpc) is 2.95. The zero-order chi connectivity index (χ0) is 28.7. The number of aliphatic imine (C=N–C) groups is 1. The van der Waals surface area contributed by atoms with Crippen LogP contribution < -0.4 is 20.1 Å². The third kappa shape index (κ3) is 9.63. The van der Waals surface area contributed by atoms with Crippen molar-refractivity contribution in [3.63, 3.8) is 0 Å². The van der Waals surface area contributed by atoms with Crippen LogP contribution in [0.2, 0.25) is 0 Å². The molecule has 0 bridgehead atoms. The van der Waals surface area contributed by atoms with Gasteiger partial charge < -0.3 is 34.5 Å². The zero-order valence-corrected chi connectivity index (χ0v) is 24.1. The van der Waals surface area contributed by atoms with Gasteiger partial charge in [0.1, 0.15) is 24.3 Å². The lowest BCUT2D eigenvalue weighted by atomic mass is 10.1. The second-order valence-corrected chi connectivity index (χ2v) is 9.87. The highest BCUT2D eigenvalue weighted by Gasteiger charge is 2.22. The molecule has 11 nitrogen and oxygen atoms in total. The predicted octanol–water partition coefficient (Wildman–Crippen LogP) is 4.02. The van der Waals surface area contributed by atoms with Gasteiger partial charge in [-0.3, -0.25) is 9.79 Å². The highest BCUT2D eigenvalue weighted by Crippen LogP contribution is 2.33. The third-order valence-corrected chi connectivity index (χ3v) is 6.81. The van der Waals surface area contributed by atoms with Gasteiger partial charge in [-0.05, 0) is 63.1 Å². The Hall–Kier alpha value is -3.44. The minimum atomic E-state index is -0.254. The Morgan fingerprint density at radius 3 is 2.70 bits per heavy atom. The van der Waals surface area contributed by atoms with Crippen molar-refractivity contribution in [1.29, 1.82) is 0 Å². The third-order valence-electron chi connectivity index (χ3n) is 6.81. The second-order valence-electron chi connectivity index (χ2n) is 9.87. The van der Waals surface area contributed by atoms with Crippen molar-refractivity contribution in [3.05, 3.63) is 29.8 Å². The number of hydrogen-bond donors (Lipinski definition) is 1. The number of nitrogens with zero attached hydrogens (tertiary/aromatic N) is 5. The SMILES string of the molecule is C=Nc1c(N)nc(OCCCC)nc1N(CCCCN1CCC(Oc2cccc(CC(=O)OC)c2)CC1)COC. The highest BCUT2D eigenvalue weighted by molar-refractivity contribution is 5.75. The molecule has 0 radical (unpaired) electrons. The van der Waals surface area contributed by atoms with E-state index in [1.165, 1.54) is 7.11 Å². The number of benzene rings is 1. The van der Waals surface area contributed by atoms with Crippen molar-refractivity contribution in [2.45, 2.75) is 58.0 Å². The maximum atomic E-state index is 11.6. The van der Waals surface area contributed by atoms with E-state index in [1.54, 1.807) is 7.11 Å². The van der Waals surface area contributed by atoms with Crippen LogP contribution in [0, 0.1) is 0 Å². The van der Waals surface area contributed by atoms with Crippen LogP contribution in [0.1, 0.15) is 51.0 Å². The van der Waals surface area contributed by atoms with Gasteiger partial charge in [0.05, 0.1) is 20.1 Å². The molecule has 0 saturated carbocycles. The molecule has 1 aliphatic rings. The lowest BCUT2D eigenvalue weighted by molar-refractivity contribution is -0.139. The van der Waals surface area contributed by atoms with Gasteiger partial charge in [-0.25, -0.2) is 0 Å². The molecule has 1 saturated heterocycles. The number of rotatable bonds is 17. The topological polar surface area (TPSA) is 125 Å². The number of aromatic nitrogens is 2. The lowest BCUT2D eigenvalue weighted by Crippen LogP contribution is -2.39. The number of nitrogens with two attached hydrogens (primary N) is 1. The number of carbonyl (C=O) groups excluding carboxylic acids is 1. The van der Waals surface area contributed by atoms with Crippen LogP contribution in [-0.2, 0) is 20.7 Å². The van der Waals surface area contributed by atoms with Gasteiger partial charge in [-0.15, -0.1) is 0 Å². The number of ether oxygens (including phenoxy) is 4. The summed E-state index contributed by atoms with van der Waals surface area (Å²) in [7, 11) is 3.05. The molecule has 1 aromatic heterocycles. The number of methoxy groups -OCH3 is 2. The number of likely N-dealkylation sites (tertiary alicyclic amines) is 1. The summed E-state index contributed by atoms with van der Waals surface area (Å²) in [6.45, 7) is 10.3. The summed E-state index contributed by atoms with van der Waals surface area (Å²) in [4.78, 5) is 28.9.